The number of benzene rings is 1. The van der Waals surface area contributed by atoms with Gasteiger partial charge in [0.05, 0.1) is 11.8 Å². The van der Waals surface area contributed by atoms with Crippen molar-refractivity contribution in [3.8, 4) is 0 Å². The molecule has 0 amide bonds. The molecule has 0 bridgehead atoms. The summed E-state index contributed by atoms with van der Waals surface area (Å²) in [5.41, 5.74) is 1.47. The minimum absolute atomic E-state index is 0.208. The fraction of sp³-hybridized carbons (Fsp3) is 0.286. The van der Waals surface area contributed by atoms with Gasteiger partial charge in [0.1, 0.15) is 6.54 Å². The van der Waals surface area contributed by atoms with Gasteiger partial charge in [0.15, 0.2) is 5.78 Å². The van der Waals surface area contributed by atoms with Gasteiger partial charge < -0.3 is 0 Å². The Bertz CT molecular complexity index is 644. The Labute approximate surface area is 114 Å². The van der Waals surface area contributed by atoms with E-state index < -0.39 is 11.7 Å². The summed E-state index contributed by atoms with van der Waals surface area (Å²) in [6.45, 7) is 3.49. The van der Waals surface area contributed by atoms with E-state index in [0.717, 1.165) is 28.2 Å². The van der Waals surface area contributed by atoms with Crippen LogP contribution in [-0.2, 0) is 12.7 Å². The van der Waals surface area contributed by atoms with E-state index in [4.69, 9.17) is 0 Å². The molecule has 106 valence electrons. The van der Waals surface area contributed by atoms with Crippen molar-refractivity contribution >= 4 is 5.78 Å². The smallest absolute Gasteiger partial charge is 0.292 e. The molecule has 0 spiro atoms. The quantitative estimate of drug-likeness (QED) is 0.809. The number of rotatable bonds is 3. The average molecular weight is 282 g/mol. The Balaban J connectivity index is 2.17. The van der Waals surface area contributed by atoms with Gasteiger partial charge in [-0.3, -0.25) is 9.48 Å². The second-order valence-corrected chi connectivity index (χ2v) is 4.67. The normalized spacial score (nSPS) is 11.7. The van der Waals surface area contributed by atoms with Crippen molar-refractivity contribution in [1.29, 1.82) is 0 Å². The molecule has 6 heteroatoms. The summed E-state index contributed by atoms with van der Waals surface area (Å²) in [4.78, 5) is 12.1. The Morgan fingerprint density at radius 2 is 2.00 bits per heavy atom. The number of hydrogen-bond donors (Lipinski definition) is 0. The lowest BCUT2D eigenvalue weighted by molar-refractivity contribution is -0.137. The van der Waals surface area contributed by atoms with Crippen LogP contribution in [0.15, 0.2) is 30.6 Å². The Morgan fingerprint density at radius 1 is 1.30 bits per heavy atom. The van der Waals surface area contributed by atoms with E-state index in [1.54, 1.807) is 19.1 Å². The molecule has 0 aliphatic rings. The molecule has 2 aromatic rings. The highest BCUT2D eigenvalue weighted by molar-refractivity contribution is 5.97. The van der Waals surface area contributed by atoms with Crippen molar-refractivity contribution in [2.45, 2.75) is 26.6 Å². The first-order valence-corrected chi connectivity index (χ1v) is 5.97. The molecule has 0 unspecified atom stereocenters. The molecule has 0 fully saturated rings. The lowest BCUT2D eigenvalue weighted by Gasteiger charge is -2.06. The number of halogens is 3. The number of Topliss-reactive ketones (excluding diaryl/α,β-unsaturated/α-hetero) is 1. The second-order valence-electron chi connectivity index (χ2n) is 4.67. The average Bonchev–Trinajstić information content (AvgIpc) is 2.76. The van der Waals surface area contributed by atoms with E-state index in [1.165, 1.54) is 0 Å². The molecule has 0 aliphatic heterocycles. The number of carbonyl (C=O) groups is 1. The van der Waals surface area contributed by atoms with Gasteiger partial charge in [0.2, 0.25) is 0 Å². The molecule has 0 aliphatic carbocycles. The van der Waals surface area contributed by atoms with Gasteiger partial charge in [-0.2, -0.15) is 18.3 Å². The summed E-state index contributed by atoms with van der Waals surface area (Å²) in [6, 6.07) is 5.34. The minimum Gasteiger partial charge on any atom is -0.292 e. The van der Waals surface area contributed by atoms with Crippen molar-refractivity contribution in [3.05, 3.63) is 52.8 Å². The zero-order valence-electron chi connectivity index (χ0n) is 11.0. The van der Waals surface area contributed by atoms with Crippen LogP contribution in [0.25, 0.3) is 0 Å². The number of alkyl halides is 3. The van der Waals surface area contributed by atoms with Crippen molar-refractivity contribution in [2.24, 2.45) is 0 Å². The van der Waals surface area contributed by atoms with Crippen LogP contribution in [-0.4, -0.2) is 15.6 Å². The van der Waals surface area contributed by atoms with E-state index in [-0.39, 0.29) is 12.3 Å². The predicted molar refractivity (Wildman–Crippen MR) is 67.5 cm³/mol. The maximum Gasteiger partial charge on any atom is 0.419 e. The third-order valence-electron chi connectivity index (χ3n) is 2.95. The zero-order chi connectivity index (χ0) is 14.9. The first-order valence-electron chi connectivity index (χ1n) is 5.97. The highest BCUT2D eigenvalue weighted by Gasteiger charge is 2.32. The third-order valence-corrected chi connectivity index (χ3v) is 2.95. The second kappa shape index (κ2) is 5.11. The summed E-state index contributed by atoms with van der Waals surface area (Å²) >= 11 is 0. The molecule has 20 heavy (non-hydrogen) atoms. The van der Waals surface area contributed by atoms with E-state index in [1.807, 2.05) is 13.0 Å². The molecule has 3 nitrogen and oxygen atoms in total. The molecule has 1 aromatic carbocycles. The zero-order valence-corrected chi connectivity index (χ0v) is 11.0. The molecule has 0 atom stereocenters. The van der Waals surface area contributed by atoms with Crippen LogP contribution in [0.1, 0.15) is 27.0 Å². The summed E-state index contributed by atoms with van der Waals surface area (Å²) in [6.07, 6.45) is -2.89. The molecule has 2 rings (SSSR count). The van der Waals surface area contributed by atoms with Crippen LogP contribution in [0, 0.1) is 13.8 Å². The van der Waals surface area contributed by atoms with Crippen LogP contribution in [0.3, 0.4) is 0 Å². The number of aromatic nitrogens is 2. The Morgan fingerprint density at radius 3 is 2.55 bits per heavy atom. The van der Waals surface area contributed by atoms with E-state index in [2.05, 4.69) is 5.10 Å². The highest BCUT2D eigenvalue weighted by atomic mass is 19.4. The number of ketones is 1. The van der Waals surface area contributed by atoms with Crippen LogP contribution in [0.5, 0.6) is 0 Å². The first-order chi connectivity index (χ1) is 9.27. The molecular weight excluding hydrogens is 269 g/mol. The van der Waals surface area contributed by atoms with E-state index >= 15 is 0 Å². The van der Waals surface area contributed by atoms with Gasteiger partial charge in [-0.25, -0.2) is 0 Å². The SMILES string of the molecule is Cc1ccc(C(=O)Cn2cc(C(F)(F)F)cn2)c(C)c1. The van der Waals surface area contributed by atoms with Crippen molar-refractivity contribution < 1.29 is 18.0 Å². The maximum atomic E-state index is 12.4. The number of carbonyl (C=O) groups excluding carboxylic acids is 1. The number of hydrogen-bond acceptors (Lipinski definition) is 2. The van der Waals surface area contributed by atoms with Crippen molar-refractivity contribution in [1.82, 2.24) is 9.78 Å². The third kappa shape index (κ3) is 3.07. The first kappa shape index (κ1) is 14.3. The predicted octanol–water partition coefficient (Wildman–Crippen LogP) is 3.40. The molecule has 1 heterocycles. The van der Waals surface area contributed by atoms with Crippen LogP contribution < -0.4 is 0 Å². The fourth-order valence-corrected chi connectivity index (χ4v) is 1.96. The lowest BCUT2D eigenvalue weighted by atomic mass is 10.0. The molecule has 0 saturated heterocycles. The van der Waals surface area contributed by atoms with Gasteiger partial charge >= 0.3 is 6.18 Å². The van der Waals surface area contributed by atoms with Gasteiger partial charge in [0, 0.05) is 11.8 Å². The minimum atomic E-state index is -4.44. The Hall–Kier alpha value is -2.11. The molecular formula is C14H13F3N2O. The van der Waals surface area contributed by atoms with Crippen LogP contribution >= 0.6 is 0 Å². The molecule has 0 N–H and O–H groups in total. The number of aryl methyl sites for hydroxylation is 2. The monoisotopic (exact) mass is 282 g/mol. The van der Waals surface area contributed by atoms with Crippen LogP contribution in [0.2, 0.25) is 0 Å². The van der Waals surface area contributed by atoms with Gasteiger partial charge in [-0.15, -0.1) is 0 Å². The topological polar surface area (TPSA) is 34.9 Å². The molecule has 0 saturated carbocycles. The standard InChI is InChI=1S/C14H13F3N2O/c1-9-3-4-12(10(2)5-9)13(20)8-19-7-11(6-18-19)14(15,16)17/h3-7H,8H2,1-2H3. The van der Waals surface area contributed by atoms with Crippen LogP contribution in [0.4, 0.5) is 13.2 Å². The Kier molecular flexibility index (Phi) is 3.65. The van der Waals surface area contributed by atoms with E-state index in [0.29, 0.717) is 5.56 Å². The summed E-state index contributed by atoms with van der Waals surface area (Å²) in [5, 5.41) is 3.57. The van der Waals surface area contributed by atoms with Gasteiger partial charge in [0.25, 0.3) is 0 Å². The van der Waals surface area contributed by atoms with Gasteiger partial charge in [-0.1, -0.05) is 23.8 Å². The van der Waals surface area contributed by atoms with Crippen molar-refractivity contribution in [2.75, 3.05) is 0 Å². The largest absolute Gasteiger partial charge is 0.419 e. The summed E-state index contributed by atoms with van der Waals surface area (Å²) in [7, 11) is 0. The van der Waals surface area contributed by atoms with Gasteiger partial charge in [-0.05, 0) is 19.4 Å². The maximum absolute atomic E-state index is 12.4. The molecule has 1 aromatic heterocycles. The highest BCUT2D eigenvalue weighted by Crippen LogP contribution is 2.28. The summed E-state index contributed by atoms with van der Waals surface area (Å²) in [5.74, 6) is -0.265. The summed E-state index contributed by atoms with van der Waals surface area (Å²) < 4.78 is 38.3. The molecule has 0 radical (unpaired) electrons. The lowest BCUT2D eigenvalue weighted by Crippen LogP contribution is -2.12. The fourth-order valence-electron chi connectivity index (χ4n) is 1.96. The number of nitrogens with zero attached hydrogens (tertiary/aromatic N) is 2. The van der Waals surface area contributed by atoms with Crippen molar-refractivity contribution in [3.63, 3.8) is 0 Å². The van der Waals surface area contributed by atoms with E-state index in [9.17, 15) is 18.0 Å².